The number of hydrogen-bond donors (Lipinski definition) is 2. The van der Waals surface area contributed by atoms with Crippen LogP contribution in [0.5, 0.6) is 11.6 Å². The monoisotopic (exact) mass is 526 g/mol. The maximum Gasteiger partial charge on any atom is 0.218 e. The highest BCUT2D eigenvalue weighted by atomic mass is 32.2. The van der Waals surface area contributed by atoms with Crippen molar-refractivity contribution in [2.24, 2.45) is 0 Å². The van der Waals surface area contributed by atoms with Crippen molar-refractivity contribution < 1.29 is 17.9 Å². The number of hydrogen-bond acceptors (Lipinski definition) is 6. The summed E-state index contributed by atoms with van der Waals surface area (Å²) in [7, 11) is -3.36. The first-order valence-electron chi connectivity index (χ1n) is 13.0. The Bertz CT molecular complexity index is 1280. The number of nitrogens with zero attached hydrogens (tertiary/aromatic N) is 2. The summed E-state index contributed by atoms with van der Waals surface area (Å²) in [4.78, 5) is 0. The Morgan fingerprint density at radius 1 is 1.14 bits per heavy atom. The molecule has 0 spiro atoms. The molecule has 0 saturated carbocycles. The van der Waals surface area contributed by atoms with E-state index in [0.29, 0.717) is 18.5 Å². The fourth-order valence-electron chi connectivity index (χ4n) is 4.42. The first-order chi connectivity index (χ1) is 17.7. The van der Waals surface area contributed by atoms with Gasteiger partial charge in [0.25, 0.3) is 0 Å². The average Bonchev–Trinajstić information content (AvgIpc) is 3.55. The molecular formula is C28H38N4O4S. The van der Waals surface area contributed by atoms with E-state index in [1.54, 1.807) is 6.92 Å². The molecule has 1 saturated heterocycles. The van der Waals surface area contributed by atoms with Gasteiger partial charge in [0, 0.05) is 37.9 Å². The van der Waals surface area contributed by atoms with E-state index in [1.165, 1.54) is 5.56 Å². The molecule has 1 unspecified atom stereocenters. The summed E-state index contributed by atoms with van der Waals surface area (Å²) in [6.45, 7) is 10.6. The third-order valence-corrected chi connectivity index (χ3v) is 8.17. The van der Waals surface area contributed by atoms with Crippen LogP contribution in [-0.2, 0) is 33.4 Å². The number of nitrogens with one attached hydrogen (secondary N) is 2. The van der Waals surface area contributed by atoms with Crippen molar-refractivity contribution in [3.8, 4) is 22.9 Å². The summed E-state index contributed by atoms with van der Waals surface area (Å²) in [5.41, 5.74) is 2.96. The van der Waals surface area contributed by atoms with Crippen molar-refractivity contribution in [2.75, 3.05) is 18.9 Å². The van der Waals surface area contributed by atoms with Crippen LogP contribution in [0, 0.1) is 0 Å². The Morgan fingerprint density at radius 2 is 1.92 bits per heavy atom. The van der Waals surface area contributed by atoms with E-state index in [0.717, 1.165) is 55.1 Å². The van der Waals surface area contributed by atoms with Crippen LogP contribution in [0.1, 0.15) is 51.7 Å². The lowest BCUT2D eigenvalue weighted by molar-refractivity contribution is 0.110. The van der Waals surface area contributed by atoms with Crippen molar-refractivity contribution in [1.29, 1.82) is 0 Å². The molecule has 2 heterocycles. The van der Waals surface area contributed by atoms with Crippen molar-refractivity contribution in [2.45, 2.75) is 65.3 Å². The molecule has 1 aromatic heterocycles. The maximum atomic E-state index is 12.2. The zero-order valence-electron chi connectivity index (χ0n) is 22.2. The molecule has 3 aromatic rings. The lowest BCUT2D eigenvalue weighted by Gasteiger charge is -2.26. The normalized spacial score (nSPS) is 16.3. The Hall–Kier alpha value is -2.72. The molecule has 0 amide bonds. The molecule has 2 aromatic carbocycles. The topological polar surface area (TPSA) is 94.5 Å². The molecule has 8 nitrogen and oxygen atoms in total. The number of rotatable bonds is 12. The van der Waals surface area contributed by atoms with Crippen LogP contribution in [0.4, 0.5) is 0 Å². The summed E-state index contributed by atoms with van der Waals surface area (Å²) in [6.07, 6.45) is 2.61. The molecule has 0 radical (unpaired) electrons. The van der Waals surface area contributed by atoms with Crippen LogP contribution in [-0.4, -0.2) is 43.2 Å². The fourth-order valence-corrected chi connectivity index (χ4v) is 5.46. The predicted molar refractivity (Wildman–Crippen MR) is 146 cm³/mol. The average molecular weight is 527 g/mol. The van der Waals surface area contributed by atoms with Gasteiger partial charge < -0.3 is 14.8 Å². The van der Waals surface area contributed by atoms with Crippen molar-refractivity contribution in [3.05, 3.63) is 65.7 Å². The van der Waals surface area contributed by atoms with Crippen LogP contribution in [0.15, 0.2) is 54.6 Å². The Balaban J connectivity index is 1.45. The lowest BCUT2D eigenvalue weighted by Crippen LogP contribution is -2.41. The van der Waals surface area contributed by atoms with Crippen LogP contribution in [0.25, 0.3) is 11.3 Å². The molecule has 200 valence electrons. The van der Waals surface area contributed by atoms with Gasteiger partial charge in [-0.25, -0.2) is 17.8 Å². The van der Waals surface area contributed by atoms with Gasteiger partial charge >= 0.3 is 0 Å². The third kappa shape index (κ3) is 7.19. The Morgan fingerprint density at radius 3 is 2.59 bits per heavy atom. The number of ether oxygens (including phenoxy) is 2. The highest BCUT2D eigenvalue weighted by Crippen LogP contribution is 2.30. The van der Waals surface area contributed by atoms with E-state index in [-0.39, 0.29) is 5.75 Å². The second-order valence-corrected chi connectivity index (χ2v) is 11.9. The maximum absolute atomic E-state index is 12.2. The molecule has 9 heteroatoms. The van der Waals surface area contributed by atoms with Crippen LogP contribution in [0.2, 0.25) is 0 Å². The van der Waals surface area contributed by atoms with E-state index in [1.807, 2.05) is 67.9 Å². The standard InChI is InChI=1S/C28H38N4O4S/c1-5-32-27(36-24-14-12-21(13-15-24)19-29-20-25-11-8-16-35-25)18-26(30-32)22-9-7-10-23(17-22)28(3,4)31-37(33,34)6-2/h7,9-10,12-15,17-18,25,29,31H,5-6,8,11,16,19-20H2,1-4H3. The van der Waals surface area contributed by atoms with Gasteiger partial charge in [0.1, 0.15) is 5.75 Å². The number of aromatic nitrogens is 2. The van der Waals surface area contributed by atoms with Crippen molar-refractivity contribution in [3.63, 3.8) is 0 Å². The van der Waals surface area contributed by atoms with E-state index in [2.05, 4.69) is 22.2 Å². The van der Waals surface area contributed by atoms with Gasteiger partial charge in [-0.3, -0.25) is 0 Å². The van der Waals surface area contributed by atoms with Gasteiger partial charge in [-0.2, -0.15) is 5.10 Å². The molecule has 2 N–H and O–H groups in total. The van der Waals surface area contributed by atoms with Gasteiger partial charge in [0.2, 0.25) is 15.9 Å². The van der Waals surface area contributed by atoms with Gasteiger partial charge in [-0.1, -0.05) is 30.3 Å². The molecule has 1 aliphatic rings. The molecular weight excluding hydrogens is 488 g/mol. The molecule has 1 aliphatic heterocycles. The van der Waals surface area contributed by atoms with Crippen LogP contribution >= 0.6 is 0 Å². The zero-order valence-corrected chi connectivity index (χ0v) is 23.0. The van der Waals surface area contributed by atoms with E-state index in [9.17, 15) is 8.42 Å². The van der Waals surface area contributed by atoms with Crippen molar-refractivity contribution in [1.82, 2.24) is 19.8 Å². The molecule has 0 aliphatic carbocycles. The predicted octanol–water partition coefficient (Wildman–Crippen LogP) is 4.81. The first-order valence-corrected chi connectivity index (χ1v) is 14.6. The summed E-state index contributed by atoms with van der Waals surface area (Å²) in [5.74, 6) is 1.43. The number of benzene rings is 2. The lowest BCUT2D eigenvalue weighted by atomic mass is 9.93. The van der Waals surface area contributed by atoms with Gasteiger partial charge in [-0.05, 0) is 69.9 Å². The molecule has 37 heavy (non-hydrogen) atoms. The first kappa shape index (κ1) is 27.3. The Labute approximate surface area is 220 Å². The van der Waals surface area contributed by atoms with Gasteiger partial charge in [-0.15, -0.1) is 0 Å². The van der Waals surface area contributed by atoms with E-state index in [4.69, 9.17) is 14.6 Å². The van der Waals surface area contributed by atoms with E-state index < -0.39 is 15.6 Å². The SMILES string of the molecule is CCn1nc(-c2cccc(C(C)(C)NS(=O)(=O)CC)c2)cc1Oc1ccc(CNCC2CCCO2)cc1. The highest BCUT2D eigenvalue weighted by Gasteiger charge is 2.26. The summed E-state index contributed by atoms with van der Waals surface area (Å²) < 4.78 is 40.8. The second-order valence-electron chi connectivity index (χ2n) is 9.91. The van der Waals surface area contributed by atoms with Gasteiger partial charge in [0.15, 0.2) is 0 Å². The van der Waals surface area contributed by atoms with Gasteiger partial charge in [0.05, 0.1) is 23.1 Å². The quantitative estimate of drug-likeness (QED) is 0.352. The van der Waals surface area contributed by atoms with Crippen LogP contribution in [0.3, 0.4) is 0 Å². The second kappa shape index (κ2) is 11.8. The molecule has 0 bridgehead atoms. The van der Waals surface area contributed by atoms with Crippen molar-refractivity contribution >= 4 is 10.0 Å². The minimum absolute atomic E-state index is 0.0324. The smallest absolute Gasteiger partial charge is 0.218 e. The minimum Gasteiger partial charge on any atom is -0.439 e. The minimum atomic E-state index is -3.36. The Kier molecular flexibility index (Phi) is 8.69. The molecule has 1 fully saturated rings. The van der Waals surface area contributed by atoms with E-state index >= 15 is 0 Å². The third-order valence-electron chi connectivity index (χ3n) is 6.58. The zero-order chi connectivity index (χ0) is 26.5. The highest BCUT2D eigenvalue weighted by molar-refractivity contribution is 7.89. The summed E-state index contributed by atoms with van der Waals surface area (Å²) in [6, 6.07) is 17.8. The molecule has 1 atom stereocenters. The number of sulfonamides is 1. The fraction of sp³-hybridized carbons (Fsp3) is 0.464. The summed E-state index contributed by atoms with van der Waals surface area (Å²) in [5, 5.41) is 8.20. The molecule has 4 rings (SSSR count). The van der Waals surface area contributed by atoms with Crippen LogP contribution < -0.4 is 14.8 Å². The number of aryl methyl sites for hydroxylation is 1. The largest absolute Gasteiger partial charge is 0.439 e. The summed E-state index contributed by atoms with van der Waals surface area (Å²) >= 11 is 0.